The van der Waals surface area contributed by atoms with Crippen LogP contribution in [0.1, 0.15) is 32.6 Å². The van der Waals surface area contributed by atoms with Crippen molar-refractivity contribution < 1.29 is 14.7 Å². The van der Waals surface area contributed by atoms with Gasteiger partial charge in [0.25, 0.3) is 0 Å². The topological polar surface area (TPSA) is 69.6 Å². The van der Waals surface area contributed by atoms with Gasteiger partial charge in [-0.15, -0.1) is 6.42 Å². The molecule has 0 spiro atoms. The molecule has 100 valence electrons. The van der Waals surface area contributed by atoms with E-state index in [-0.39, 0.29) is 24.5 Å². The van der Waals surface area contributed by atoms with E-state index < -0.39 is 5.97 Å². The Hall–Kier alpha value is -1.70. The number of aliphatic carboxylic acids is 1. The summed E-state index contributed by atoms with van der Waals surface area (Å²) in [5, 5.41) is 11.8. The molecule has 0 aromatic carbocycles. The summed E-state index contributed by atoms with van der Waals surface area (Å²) in [6.45, 7) is 2.68. The molecule has 2 amide bonds. The average Bonchev–Trinajstić information content (AvgIpc) is 2.36. The van der Waals surface area contributed by atoms with Gasteiger partial charge in [-0.1, -0.05) is 12.3 Å². The second-order valence-corrected chi connectivity index (χ2v) is 4.57. The summed E-state index contributed by atoms with van der Waals surface area (Å²) in [4.78, 5) is 24.3. The van der Waals surface area contributed by atoms with Gasteiger partial charge in [-0.05, 0) is 26.2 Å². The first kappa shape index (κ1) is 14.4. The van der Waals surface area contributed by atoms with Crippen LogP contribution in [0.5, 0.6) is 0 Å². The maximum Gasteiger partial charge on any atom is 0.318 e. The lowest BCUT2D eigenvalue weighted by Gasteiger charge is -2.29. The van der Waals surface area contributed by atoms with Gasteiger partial charge in [0, 0.05) is 12.6 Å². The van der Waals surface area contributed by atoms with Gasteiger partial charge in [0.1, 0.15) is 0 Å². The molecule has 0 heterocycles. The summed E-state index contributed by atoms with van der Waals surface area (Å²) in [5.41, 5.74) is 0. The van der Waals surface area contributed by atoms with Crippen LogP contribution in [0.15, 0.2) is 0 Å². The third-order valence-corrected chi connectivity index (χ3v) is 3.30. The van der Waals surface area contributed by atoms with Crippen molar-refractivity contribution in [1.29, 1.82) is 0 Å². The molecular formula is C13H20N2O3. The molecule has 0 radical (unpaired) electrons. The number of terminal acetylenes is 1. The summed E-state index contributed by atoms with van der Waals surface area (Å²) < 4.78 is 0. The quantitative estimate of drug-likeness (QED) is 0.741. The number of hydrogen-bond acceptors (Lipinski definition) is 2. The second kappa shape index (κ2) is 6.90. The number of carboxylic acid groups (broad SMARTS) is 1. The molecule has 0 saturated heterocycles. The zero-order valence-corrected chi connectivity index (χ0v) is 10.7. The summed E-state index contributed by atoms with van der Waals surface area (Å²) in [6, 6.07) is -0.259. The lowest BCUT2D eigenvalue weighted by atomic mass is 9.86. The van der Waals surface area contributed by atoms with Crippen molar-refractivity contribution in [2.24, 2.45) is 5.92 Å². The Bertz CT molecular complexity index is 349. The Labute approximate surface area is 108 Å². The fourth-order valence-electron chi connectivity index (χ4n) is 2.25. The molecule has 1 saturated carbocycles. The van der Waals surface area contributed by atoms with Crippen LogP contribution in [0, 0.1) is 18.3 Å². The molecule has 18 heavy (non-hydrogen) atoms. The van der Waals surface area contributed by atoms with E-state index in [1.807, 2.05) is 6.92 Å². The van der Waals surface area contributed by atoms with Crippen molar-refractivity contribution in [1.82, 2.24) is 10.2 Å². The first-order valence-corrected chi connectivity index (χ1v) is 6.30. The van der Waals surface area contributed by atoms with Crippen molar-refractivity contribution in [3.05, 3.63) is 0 Å². The van der Waals surface area contributed by atoms with Crippen LogP contribution < -0.4 is 5.32 Å². The monoisotopic (exact) mass is 252 g/mol. The number of rotatable bonds is 4. The highest BCUT2D eigenvalue weighted by atomic mass is 16.4. The highest BCUT2D eigenvalue weighted by molar-refractivity contribution is 5.75. The van der Waals surface area contributed by atoms with Gasteiger partial charge in [-0.25, -0.2) is 4.79 Å². The SMILES string of the molecule is C#CCN(CC)C(=O)NC1CCCC(C(=O)O)C1. The predicted octanol–water partition coefficient (Wildman–Crippen LogP) is 1.29. The van der Waals surface area contributed by atoms with Crippen LogP contribution in [0.4, 0.5) is 4.79 Å². The molecule has 1 aliphatic carbocycles. The first-order valence-electron chi connectivity index (χ1n) is 6.30. The molecule has 1 aliphatic rings. The van der Waals surface area contributed by atoms with Crippen LogP contribution in [-0.4, -0.2) is 41.1 Å². The van der Waals surface area contributed by atoms with Gasteiger partial charge in [-0.3, -0.25) is 4.79 Å². The van der Waals surface area contributed by atoms with Crippen molar-refractivity contribution in [2.45, 2.75) is 38.6 Å². The van der Waals surface area contributed by atoms with Crippen LogP contribution in [0.3, 0.4) is 0 Å². The van der Waals surface area contributed by atoms with Gasteiger partial charge < -0.3 is 15.3 Å². The first-order chi connectivity index (χ1) is 8.58. The van der Waals surface area contributed by atoms with Gasteiger partial charge in [0.05, 0.1) is 12.5 Å². The number of hydrogen-bond donors (Lipinski definition) is 2. The zero-order valence-electron chi connectivity index (χ0n) is 10.7. The molecular weight excluding hydrogens is 232 g/mol. The van der Waals surface area contributed by atoms with E-state index >= 15 is 0 Å². The Morgan fingerprint density at radius 2 is 2.22 bits per heavy atom. The molecule has 2 unspecified atom stereocenters. The zero-order chi connectivity index (χ0) is 13.5. The fourth-order valence-corrected chi connectivity index (χ4v) is 2.25. The smallest absolute Gasteiger partial charge is 0.318 e. The lowest BCUT2D eigenvalue weighted by Crippen LogP contribution is -2.47. The summed E-state index contributed by atoms with van der Waals surface area (Å²) in [5.74, 6) is 1.32. The number of carboxylic acids is 1. The van der Waals surface area contributed by atoms with Crippen molar-refractivity contribution >= 4 is 12.0 Å². The van der Waals surface area contributed by atoms with Crippen LogP contribution in [-0.2, 0) is 4.79 Å². The maximum absolute atomic E-state index is 11.9. The Balaban J connectivity index is 2.48. The average molecular weight is 252 g/mol. The minimum atomic E-state index is -0.773. The number of carbonyl (C=O) groups is 2. The van der Waals surface area contributed by atoms with E-state index in [9.17, 15) is 9.59 Å². The van der Waals surface area contributed by atoms with E-state index in [1.54, 1.807) is 0 Å². The van der Waals surface area contributed by atoms with Crippen LogP contribution in [0.25, 0.3) is 0 Å². The predicted molar refractivity (Wildman–Crippen MR) is 68.0 cm³/mol. The molecule has 2 N–H and O–H groups in total. The van der Waals surface area contributed by atoms with Crippen molar-refractivity contribution in [2.75, 3.05) is 13.1 Å². The molecule has 2 atom stereocenters. The number of urea groups is 1. The van der Waals surface area contributed by atoms with E-state index in [1.165, 1.54) is 4.90 Å². The molecule has 5 nitrogen and oxygen atoms in total. The van der Waals surface area contributed by atoms with E-state index in [0.717, 1.165) is 12.8 Å². The third-order valence-electron chi connectivity index (χ3n) is 3.30. The van der Waals surface area contributed by atoms with Gasteiger partial charge in [0.2, 0.25) is 0 Å². The van der Waals surface area contributed by atoms with Crippen LogP contribution >= 0.6 is 0 Å². The summed E-state index contributed by atoms with van der Waals surface area (Å²) in [7, 11) is 0. The van der Waals surface area contributed by atoms with Crippen LogP contribution in [0.2, 0.25) is 0 Å². The van der Waals surface area contributed by atoms with Gasteiger partial charge in [-0.2, -0.15) is 0 Å². The molecule has 0 bridgehead atoms. The fraction of sp³-hybridized carbons (Fsp3) is 0.692. The van der Waals surface area contributed by atoms with Gasteiger partial charge >= 0.3 is 12.0 Å². The highest BCUT2D eigenvalue weighted by Gasteiger charge is 2.28. The van der Waals surface area contributed by atoms with Crippen molar-refractivity contribution in [3.63, 3.8) is 0 Å². The minimum absolute atomic E-state index is 0.0563. The number of amides is 2. The van der Waals surface area contributed by atoms with E-state index in [2.05, 4.69) is 11.2 Å². The van der Waals surface area contributed by atoms with Crippen molar-refractivity contribution in [3.8, 4) is 12.3 Å². The molecule has 0 aromatic heterocycles. The van der Waals surface area contributed by atoms with E-state index in [0.29, 0.717) is 19.4 Å². The van der Waals surface area contributed by atoms with E-state index in [4.69, 9.17) is 11.5 Å². The number of nitrogens with zero attached hydrogens (tertiary/aromatic N) is 1. The second-order valence-electron chi connectivity index (χ2n) is 4.57. The Morgan fingerprint density at radius 3 is 2.78 bits per heavy atom. The molecule has 0 aromatic rings. The Kier molecular flexibility index (Phi) is 5.50. The third kappa shape index (κ3) is 3.95. The molecule has 5 heteroatoms. The molecule has 1 fully saturated rings. The highest BCUT2D eigenvalue weighted by Crippen LogP contribution is 2.24. The maximum atomic E-state index is 11.9. The normalized spacial score (nSPS) is 22.9. The van der Waals surface area contributed by atoms with Gasteiger partial charge in [0.15, 0.2) is 0 Å². The summed E-state index contributed by atoms with van der Waals surface area (Å²) >= 11 is 0. The standard InChI is InChI=1S/C13H20N2O3/c1-3-8-15(4-2)13(18)14-11-7-5-6-10(9-11)12(16)17/h1,10-11H,4-9H2,2H3,(H,14,18)(H,16,17). The lowest BCUT2D eigenvalue weighted by molar-refractivity contribution is -0.143. The number of carbonyl (C=O) groups excluding carboxylic acids is 1. The largest absolute Gasteiger partial charge is 0.481 e. The molecule has 1 rings (SSSR count). The Morgan fingerprint density at radius 1 is 1.50 bits per heavy atom. The summed E-state index contributed by atoms with van der Waals surface area (Å²) in [6.07, 6.45) is 8.07. The number of nitrogens with one attached hydrogen (secondary N) is 1. The minimum Gasteiger partial charge on any atom is -0.481 e. The molecule has 0 aliphatic heterocycles.